The van der Waals surface area contributed by atoms with E-state index >= 15 is 0 Å². The van der Waals surface area contributed by atoms with Crippen LogP contribution in [-0.4, -0.2) is 30.5 Å². The molecule has 0 spiro atoms. The van der Waals surface area contributed by atoms with E-state index in [1.165, 1.54) is 22.3 Å². The largest absolute Gasteiger partial charge is 0.456 e. The lowest BCUT2D eigenvalue weighted by Gasteiger charge is -2.45. The van der Waals surface area contributed by atoms with Gasteiger partial charge in [0.25, 0.3) is 0 Å². The van der Waals surface area contributed by atoms with Gasteiger partial charge in [-0.3, -0.25) is 9.97 Å². The number of pyridine rings is 2. The van der Waals surface area contributed by atoms with E-state index in [1.807, 2.05) is 85.2 Å². The normalized spacial score (nSPS) is 13.8. The van der Waals surface area contributed by atoms with E-state index < -0.39 is 11.2 Å². The third-order valence-electron chi connectivity index (χ3n) is 9.68. The molecule has 6 rings (SSSR count). The van der Waals surface area contributed by atoms with Gasteiger partial charge in [-0.1, -0.05) is 72.8 Å². The van der Waals surface area contributed by atoms with E-state index in [0.717, 1.165) is 66.6 Å². The van der Waals surface area contributed by atoms with Crippen molar-refractivity contribution in [2.75, 3.05) is 0 Å². The number of nitrogens with zero attached hydrogens (tertiary/aromatic N) is 2. The number of ether oxygens (including phenoxy) is 3. The monoisotopic (exact) mass is 680 g/mol. The molecule has 0 N–H and O–H groups in total. The average molecular weight is 681 g/mol. The molecule has 49 heavy (non-hydrogen) atoms. The third-order valence-corrected chi connectivity index (χ3v) is 11.7. The van der Waals surface area contributed by atoms with Crippen molar-refractivity contribution >= 4 is 20.5 Å². The van der Waals surface area contributed by atoms with Crippen LogP contribution in [0.15, 0.2) is 134 Å². The molecule has 0 fully saturated rings. The Balaban J connectivity index is 1.52. The van der Waals surface area contributed by atoms with E-state index in [0.29, 0.717) is 11.5 Å². The molecule has 0 amide bonds. The summed E-state index contributed by atoms with van der Waals surface area (Å²) >= 11 is 0. The molecule has 4 aromatic carbocycles. The van der Waals surface area contributed by atoms with Crippen molar-refractivity contribution in [2.45, 2.75) is 51.0 Å². The summed E-state index contributed by atoms with van der Waals surface area (Å²) in [4.78, 5) is 10.2. The lowest BCUT2D eigenvalue weighted by molar-refractivity contribution is -0.110. The Morgan fingerprint density at radius 3 is 1.22 bits per heavy atom. The first kappa shape index (κ1) is 34.1. The van der Waals surface area contributed by atoms with Crippen LogP contribution in [0.2, 0.25) is 12.1 Å². The highest BCUT2D eigenvalue weighted by atomic mass is 28.1. The van der Waals surface area contributed by atoms with Crippen LogP contribution in [0.4, 0.5) is 0 Å². The molecule has 2 aromatic heterocycles. The van der Waals surface area contributed by atoms with Crippen molar-refractivity contribution in [1.29, 1.82) is 0 Å². The summed E-state index contributed by atoms with van der Waals surface area (Å²) in [7, 11) is 1.73. The number of para-hydroxylation sites is 2. The molecule has 5 nitrogen and oxygen atoms in total. The molecule has 6 aromatic rings. The van der Waals surface area contributed by atoms with Crippen LogP contribution in [0.25, 0.3) is 0 Å². The fourth-order valence-corrected chi connectivity index (χ4v) is 8.44. The second-order valence-electron chi connectivity index (χ2n) is 12.5. The predicted molar refractivity (Wildman–Crippen MR) is 205 cm³/mol. The third kappa shape index (κ3) is 6.88. The Morgan fingerprint density at radius 1 is 0.469 bits per heavy atom. The van der Waals surface area contributed by atoms with Crippen LogP contribution in [0.3, 0.4) is 0 Å². The van der Waals surface area contributed by atoms with Gasteiger partial charge in [-0.25, -0.2) is 0 Å². The quantitative estimate of drug-likeness (QED) is 0.122. The first-order valence-corrected chi connectivity index (χ1v) is 19.8. The zero-order valence-corrected chi connectivity index (χ0v) is 33.2. The SMILES string of the molecule is Cc1cccc(C(C[SiH3])(OC(C[SiH3])(c2ccc(Oc3ccccc3)cn2)c2cccc(C)c2C)c2ccc(Oc3ccccc3)cn2)c1C. The second kappa shape index (κ2) is 14.7. The van der Waals surface area contributed by atoms with Gasteiger partial charge >= 0.3 is 0 Å². The zero-order chi connectivity index (χ0) is 34.4. The van der Waals surface area contributed by atoms with Gasteiger partial charge in [-0.15, -0.1) is 0 Å². The van der Waals surface area contributed by atoms with Crippen LogP contribution in [-0.2, 0) is 15.9 Å². The molecule has 7 heteroatoms. The van der Waals surface area contributed by atoms with Crippen molar-refractivity contribution in [2.24, 2.45) is 0 Å². The molecule has 0 saturated heterocycles. The molecule has 248 valence electrons. The van der Waals surface area contributed by atoms with Crippen molar-refractivity contribution in [3.8, 4) is 23.0 Å². The van der Waals surface area contributed by atoms with Crippen LogP contribution >= 0.6 is 0 Å². The molecule has 2 atom stereocenters. The molecular formula is C42H44N2O3Si2. The van der Waals surface area contributed by atoms with Crippen molar-refractivity contribution in [1.82, 2.24) is 9.97 Å². The number of aryl methyl sites for hydroxylation is 2. The fraction of sp³-hybridized carbons (Fsp3) is 0.190. The lowest BCUT2D eigenvalue weighted by atomic mass is 9.82. The molecule has 0 saturated carbocycles. The maximum atomic E-state index is 7.92. The predicted octanol–water partition coefficient (Wildman–Crippen LogP) is 8.07. The topological polar surface area (TPSA) is 53.5 Å². The summed E-state index contributed by atoms with van der Waals surface area (Å²) in [5.74, 6) is 2.90. The van der Waals surface area contributed by atoms with Gasteiger partial charge in [-0.2, -0.15) is 0 Å². The molecule has 0 aliphatic carbocycles. The van der Waals surface area contributed by atoms with Gasteiger partial charge in [0.15, 0.2) is 0 Å². The maximum absolute atomic E-state index is 7.92. The first-order chi connectivity index (χ1) is 23.8. The number of hydrogen-bond acceptors (Lipinski definition) is 5. The standard InChI is InChI=1S/C42H44N2O3Si2/c1-29-13-11-19-37(31(29)3)41(27-48,39-23-21-35(25-43-39)45-33-15-7-5-8-16-33)47-42(28-49,38-20-12-14-30(2)32(38)4)40-24-22-36(26-44-40)46-34-17-9-6-10-18-34/h5-26H,27-28H2,1-4,48-49H3. The minimum Gasteiger partial charge on any atom is -0.456 e. The minimum atomic E-state index is -0.852. The zero-order valence-electron chi connectivity index (χ0n) is 29.2. The van der Waals surface area contributed by atoms with Crippen LogP contribution in [0, 0.1) is 27.7 Å². The summed E-state index contributed by atoms with van der Waals surface area (Å²) in [6, 6.07) is 42.3. The highest BCUT2D eigenvalue weighted by Gasteiger charge is 2.47. The summed E-state index contributed by atoms with van der Waals surface area (Å²) < 4.78 is 20.2. The van der Waals surface area contributed by atoms with Crippen molar-refractivity contribution in [3.05, 3.63) is 178 Å². The van der Waals surface area contributed by atoms with Gasteiger partial charge in [-0.05, 0) is 122 Å². The summed E-state index contributed by atoms with van der Waals surface area (Å²) in [6.07, 6.45) is 3.63. The van der Waals surface area contributed by atoms with E-state index in [4.69, 9.17) is 24.2 Å². The Bertz CT molecular complexity index is 1860. The maximum Gasteiger partial charge on any atom is 0.145 e. The Labute approximate surface area is 296 Å². The van der Waals surface area contributed by atoms with Gasteiger partial charge in [0.1, 0.15) is 34.2 Å². The van der Waals surface area contributed by atoms with E-state index in [1.54, 1.807) is 0 Å². The number of aromatic nitrogens is 2. The van der Waals surface area contributed by atoms with Crippen LogP contribution < -0.4 is 9.47 Å². The second-order valence-corrected chi connectivity index (χ2v) is 14.0. The summed E-state index contributed by atoms with van der Waals surface area (Å²) in [5, 5.41) is 0. The number of benzene rings is 4. The number of rotatable bonds is 12. The molecule has 2 unspecified atom stereocenters. The van der Waals surface area contributed by atoms with E-state index in [9.17, 15) is 0 Å². The molecular weight excluding hydrogens is 637 g/mol. The summed E-state index contributed by atoms with van der Waals surface area (Å²) in [5.41, 5.74) is 7.09. The highest BCUT2D eigenvalue weighted by Crippen LogP contribution is 2.49. The summed E-state index contributed by atoms with van der Waals surface area (Å²) in [6.45, 7) is 8.72. The van der Waals surface area contributed by atoms with Gasteiger partial charge in [0, 0.05) is 20.5 Å². The minimum absolute atomic E-state index is 0.678. The Morgan fingerprint density at radius 2 is 0.878 bits per heavy atom. The molecule has 0 aliphatic heterocycles. The Hall–Kier alpha value is -4.83. The van der Waals surface area contributed by atoms with Crippen LogP contribution in [0.5, 0.6) is 23.0 Å². The molecule has 0 bridgehead atoms. The smallest absolute Gasteiger partial charge is 0.145 e. The van der Waals surface area contributed by atoms with Crippen LogP contribution in [0.1, 0.15) is 44.8 Å². The first-order valence-electron chi connectivity index (χ1n) is 17.0. The van der Waals surface area contributed by atoms with E-state index in [-0.39, 0.29) is 0 Å². The molecule has 0 radical (unpaired) electrons. The van der Waals surface area contributed by atoms with Crippen molar-refractivity contribution < 1.29 is 14.2 Å². The molecule has 0 aliphatic rings. The van der Waals surface area contributed by atoms with Gasteiger partial charge < -0.3 is 14.2 Å². The fourth-order valence-electron chi connectivity index (χ4n) is 6.66. The van der Waals surface area contributed by atoms with Gasteiger partial charge in [0.2, 0.25) is 0 Å². The Kier molecular flexibility index (Phi) is 10.2. The molecule has 2 heterocycles. The average Bonchev–Trinajstić information content (AvgIpc) is 3.14. The van der Waals surface area contributed by atoms with Gasteiger partial charge in [0.05, 0.1) is 23.8 Å². The van der Waals surface area contributed by atoms with Crippen molar-refractivity contribution in [3.63, 3.8) is 0 Å². The lowest BCUT2D eigenvalue weighted by Crippen LogP contribution is -2.44. The number of hydrogen-bond donors (Lipinski definition) is 0. The van der Waals surface area contributed by atoms with E-state index in [2.05, 4.69) is 76.2 Å². The highest BCUT2D eigenvalue weighted by molar-refractivity contribution is 6.10.